The number of anilines is 1. The summed E-state index contributed by atoms with van der Waals surface area (Å²) in [5, 5.41) is 15.7. The number of nitrogens with one attached hydrogen (secondary N) is 1. The zero-order chi connectivity index (χ0) is 16.3. The highest BCUT2D eigenvalue weighted by atomic mass is 16.5. The lowest BCUT2D eigenvalue weighted by molar-refractivity contribution is -0.118. The molecule has 0 unspecified atom stereocenters. The summed E-state index contributed by atoms with van der Waals surface area (Å²) in [6.07, 6.45) is 0. The molecule has 1 heterocycles. The molecule has 1 amide bonds. The lowest BCUT2D eigenvalue weighted by Crippen LogP contribution is -2.20. The Morgan fingerprint density at radius 3 is 2.68 bits per heavy atom. The van der Waals surface area contributed by atoms with Gasteiger partial charge in [-0.25, -0.2) is 4.79 Å². The van der Waals surface area contributed by atoms with Crippen molar-refractivity contribution in [1.29, 1.82) is 0 Å². The average Bonchev–Trinajstić information content (AvgIpc) is 2.70. The molecule has 22 heavy (non-hydrogen) atoms. The monoisotopic (exact) mass is 303 g/mol. The van der Waals surface area contributed by atoms with Crippen LogP contribution >= 0.6 is 0 Å². The van der Waals surface area contributed by atoms with Gasteiger partial charge in [0.1, 0.15) is 5.69 Å². The SMILES string of the molecule is Cc1nn(C)c(C)c1OCC(=O)Nc1cccc(C(=O)O)c1. The first kappa shape index (κ1) is 15.6. The van der Waals surface area contributed by atoms with Crippen molar-refractivity contribution in [2.45, 2.75) is 13.8 Å². The van der Waals surface area contributed by atoms with Crippen LogP contribution in [-0.2, 0) is 11.8 Å². The Labute approximate surface area is 127 Å². The topological polar surface area (TPSA) is 93.5 Å². The number of aryl methyl sites for hydroxylation is 2. The first-order chi connectivity index (χ1) is 10.4. The number of aromatic carboxylic acids is 1. The molecule has 1 aromatic carbocycles. The zero-order valence-electron chi connectivity index (χ0n) is 12.6. The minimum absolute atomic E-state index is 0.109. The van der Waals surface area contributed by atoms with Gasteiger partial charge in [0, 0.05) is 12.7 Å². The summed E-state index contributed by atoms with van der Waals surface area (Å²) in [4.78, 5) is 22.8. The van der Waals surface area contributed by atoms with Gasteiger partial charge in [0.2, 0.25) is 0 Å². The number of carboxylic acids is 1. The van der Waals surface area contributed by atoms with Gasteiger partial charge in [0.05, 0.1) is 11.3 Å². The van der Waals surface area contributed by atoms with Crippen molar-refractivity contribution in [2.24, 2.45) is 7.05 Å². The number of amides is 1. The standard InChI is InChI=1S/C15H17N3O4/c1-9-14(10(2)18(3)17-9)22-8-13(19)16-12-6-4-5-11(7-12)15(20)21/h4-7H,8H2,1-3H3,(H,16,19)(H,20,21). The summed E-state index contributed by atoms with van der Waals surface area (Å²) in [5.41, 5.74) is 2.06. The molecule has 1 aromatic heterocycles. The minimum Gasteiger partial charge on any atom is -0.480 e. The number of carboxylic acid groups (broad SMARTS) is 1. The van der Waals surface area contributed by atoms with Crippen LogP contribution in [0.15, 0.2) is 24.3 Å². The number of carbonyl (C=O) groups is 2. The van der Waals surface area contributed by atoms with E-state index in [-0.39, 0.29) is 18.1 Å². The van der Waals surface area contributed by atoms with Crippen LogP contribution in [0.2, 0.25) is 0 Å². The molecule has 0 spiro atoms. The van der Waals surface area contributed by atoms with Gasteiger partial charge in [0.25, 0.3) is 5.91 Å². The number of ether oxygens (including phenoxy) is 1. The molecule has 0 saturated carbocycles. The Hall–Kier alpha value is -2.83. The molecule has 2 rings (SSSR count). The van der Waals surface area contributed by atoms with E-state index in [0.717, 1.165) is 5.69 Å². The first-order valence-corrected chi connectivity index (χ1v) is 6.64. The van der Waals surface area contributed by atoms with Gasteiger partial charge in [0.15, 0.2) is 12.4 Å². The van der Waals surface area contributed by atoms with Crippen LogP contribution in [-0.4, -0.2) is 33.4 Å². The third-order valence-electron chi connectivity index (χ3n) is 3.18. The summed E-state index contributed by atoms with van der Waals surface area (Å²) in [5.74, 6) is -0.837. The molecule has 7 heteroatoms. The number of nitrogens with zero attached hydrogens (tertiary/aromatic N) is 2. The van der Waals surface area contributed by atoms with E-state index in [2.05, 4.69) is 10.4 Å². The third kappa shape index (κ3) is 3.43. The van der Waals surface area contributed by atoms with Crippen molar-refractivity contribution in [3.05, 3.63) is 41.2 Å². The van der Waals surface area contributed by atoms with Crippen LogP contribution in [0, 0.1) is 13.8 Å². The van der Waals surface area contributed by atoms with E-state index in [0.29, 0.717) is 17.1 Å². The van der Waals surface area contributed by atoms with Crippen LogP contribution in [0.25, 0.3) is 0 Å². The fourth-order valence-corrected chi connectivity index (χ4v) is 2.03. The molecule has 0 aliphatic carbocycles. The van der Waals surface area contributed by atoms with E-state index < -0.39 is 5.97 Å². The van der Waals surface area contributed by atoms with Crippen molar-refractivity contribution >= 4 is 17.6 Å². The van der Waals surface area contributed by atoms with Crippen molar-refractivity contribution < 1.29 is 19.4 Å². The smallest absolute Gasteiger partial charge is 0.335 e. The number of benzene rings is 1. The molecule has 2 N–H and O–H groups in total. The van der Waals surface area contributed by atoms with Gasteiger partial charge >= 0.3 is 5.97 Å². The fourth-order valence-electron chi connectivity index (χ4n) is 2.03. The summed E-state index contributed by atoms with van der Waals surface area (Å²) in [7, 11) is 1.80. The minimum atomic E-state index is -1.05. The Morgan fingerprint density at radius 1 is 1.36 bits per heavy atom. The average molecular weight is 303 g/mol. The Balaban J connectivity index is 1.99. The predicted octanol–water partition coefficient (Wildman–Crippen LogP) is 1.75. The molecule has 0 radical (unpaired) electrons. The second-order valence-electron chi connectivity index (χ2n) is 4.85. The molecule has 2 aromatic rings. The van der Waals surface area contributed by atoms with Crippen molar-refractivity contribution in [3.63, 3.8) is 0 Å². The van der Waals surface area contributed by atoms with Crippen molar-refractivity contribution in [1.82, 2.24) is 9.78 Å². The number of hydrogen-bond donors (Lipinski definition) is 2. The van der Waals surface area contributed by atoms with E-state index in [4.69, 9.17) is 9.84 Å². The second kappa shape index (κ2) is 6.30. The Kier molecular flexibility index (Phi) is 4.45. The lowest BCUT2D eigenvalue weighted by atomic mass is 10.2. The highest BCUT2D eigenvalue weighted by molar-refractivity contribution is 5.94. The Morgan fingerprint density at radius 2 is 2.09 bits per heavy atom. The van der Waals surface area contributed by atoms with Crippen molar-refractivity contribution in [3.8, 4) is 5.75 Å². The largest absolute Gasteiger partial charge is 0.480 e. The molecular weight excluding hydrogens is 286 g/mol. The maximum Gasteiger partial charge on any atom is 0.335 e. The van der Waals surface area contributed by atoms with Crippen LogP contribution in [0.3, 0.4) is 0 Å². The van der Waals surface area contributed by atoms with Crippen LogP contribution in [0.1, 0.15) is 21.7 Å². The van der Waals surface area contributed by atoms with Crippen LogP contribution in [0.5, 0.6) is 5.75 Å². The molecule has 0 aliphatic rings. The highest BCUT2D eigenvalue weighted by Gasteiger charge is 2.13. The second-order valence-corrected chi connectivity index (χ2v) is 4.85. The van der Waals surface area contributed by atoms with E-state index in [1.54, 1.807) is 30.8 Å². The zero-order valence-corrected chi connectivity index (χ0v) is 12.6. The number of carbonyl (C=O) groups excluding carboxylic acids is 1. The number of rotatable bonds is 5. The fraction of sp³-hybridized carbons (Fsp3) is 0.267. The predicted molar refractivity (Wildman–Crippen MR) is 80.2 cm³/mol. The molecule has 0 saturated heterocycles. The van der Waals surface area contributed by atoms with E-state index in [1.165, 1.54) is 12.1 Å². The van der Waals surface area contributed by atoms with Crippen LogP contribution in [0.4, 0.5) is 5.69 Å². The van der Waals surface area contributed by atoms with Crippen LogP contribution < -0.4 is 10.1 Å². The van der Waals surface area contributed by atoms with Gasteiger partial charge in [-0.15, -0.1) is 0 Å². The molecule has 0 aliphatic heterocycles. The van der Waals surface area contributed by atoms with Gasteiger partial charge in [-0.05, 0) is 32.0 Å². The van der Waals surface area contributed by atoms with Gasteiger partial charge < -0.3 is 15.2 Å². The number of hydrogen-bond acceptors (Lipinski definition) is 4. The van der Waals surface area contributed by atoms with E-state index in [9.17, 15) is 9.59 Å². The Bertz CT molecular complexity index is 722. The molecular formula is C15H17N3O4. The van der Waals surface area contributed by atoms with E-state index >= 15 is 0 Å². The maximum atomic E-state index is 11.9. The first-order valence-electron chi connectivity index (χ1n) is 6.64. The summed E-state index contributed by atoms with van der Waals surface area (Å²) in [6.45, 7) is 3.48. The van der Waals surface area contributed by atoms with Gasteiger partial charge in [-0.2, -0.15) is 5.10 Å². The highest BCUT2D eigenvalue weighted by Crippen LogP contribution is 2.21. The molecule has 116 valence electrons. The lowest BCUT2D eigenvalue weighted by Gasteiger charge is -2.08. The normalized spacial score (nSPS) is 10.3. The van der Waals surface area contributed by atoms with Gasteiger partial charge in [-0.1, -0.05) is 6.07 Å². The quantitative estimate of drug-likeness (QED) is 0.877. The van der Waals surface area contributed by atoms with Crippen molar-refractivity contribution in [2.75, 3.05) is 11.9 Å². The summed E-state index contributed by atoms with van der Waals surface area (Å²) >= 11 is 0. The molecule has 0 bridgehead atoms. The summed E-state index contributed by atoms with van der Waals surface area (Å²) < 4.78 is 7.17. The summed E-state index contributed by atoms with van der Waals surface area (Å²) in [6, 6.07) is 6.03. The molecule has 0 atom stereocenters. The maximum absolute atomic E-state index is 11.9. The molecule has 7 nitrogen and oxygen atoms in total. The number of aromatic nitrogens is 2. The molecule has 0 fully saturated rings. The van der Waals surface area contributed by atoms with E-state index in [1.807, 2.05) is 6.92 Å². The van der Waals surface area contributed by atoms with Gasteiger partial charge in [-0.3, -0.25) is 9.48 Å². The third-order valence-corrected chi connectivity index (χ3v) is 3.18.